The minimum Gasteiger partial charge on any atom is -0.248 e. The molecule has 0 aromatic carbocycles. The molecule has 1 N–H and O–H groups in total. The minimum absolute atomic E-state index is 0.127. The van der Waals surface area contributed by atoms with E-state index in [1.807, 2.05) is 12.3 Å². The lowest BCUT2D eigenvalue weighted by Crippen LogP contribution is -2.30. The van der Waals surface area contributed by atoms with E-state index in [0.717, 1.165) is 11.4 Å². The van der Waals surface area contributed by atoms with Crippen LogP contribution < -0.4 is 4.72 Å². The first kappa shape index (κ1) is 14.9. The zero-order valence-corrected chi connectivity index (χ0v) is 12.1. The van der Waals surface area contributed by atoms with Crippen molar-refractivity contribution in [3.63, 3.8) is 0 Å². The molecule has 0 amide bonds. The fourth-order valence-corrected chi connectivity index (χ4v) is 3.83. The first-order valence-electron chi connectivity index (χ1n) is 5.54. The summed E-state index contributed by atoms with van der Waals surface area (Å²) in [5, 5.41) is 2.66. The van der Waals surface area contributed by atoms with Gasteiger partial charge in [-0.3, -0.25) is 0 Å². The lowest BCUT2D eigenvalue weighted by Gasteiger charge is -2.14. The zero-order valence-electron chi connectivity index (χ0n) is 9.73. The summed E-state index contributed by atoms with van der Waals surface area (Å²) in [5.74, 6) is 0.626. The van der Waals surface area contributed by atoms with Crippen molar-refractivity contribution >= 4 is 33.0 Å². The third kappa shape index (κ3) is 5.33. The number of unbranched alkanes of at least 4 members (excludes halogenated alkanes) is 1. The lowest BCUT2D eigenvalue weighted by atomic mass is 10.3. The molecule has 0 bridgehead atoms. The van der Waals surface area contributed by atoms with E-state index in [1.54, 1.807) is 6.20 Å². The predicted molar refractivity (Wildman–Crippen MR) is 72.0 cm³/mol. The van der Waals surface area contributed by atoms with Gasteiger partial charge in [-0.2, -0.15) is 0 Å². The topological polar surface area (TPSA) is 59.1 Å². The fourth-order valence-electron chi connectivity index (χ4n) is 1.38. The lowest BCUT2D eigenvalue weighted by molar-refractivity contribution is 0.546. The standard InChI is InChI=1S/C10H17ClN2O2S2/c1-2-9(10-12-6-7-16-10)13-17(14,15)8-4-3-5-11/h6-7,9,13H,2-5,8H2,1H3. The van der Waals surface area contributed by atoms with E-state index in [4.69, 9.17) is 11.6 Å². The van der Waals surface area contributed by atoms with Gasteiger partial charge < -0.3 is 0 Å². The van der Waals surface area contributed by atoms with Gasteiger partial charge in [-0.25, -0.2) is 18.1 Å². The SMILES string of the molecule is CCC(NS(=O)(=O)CCCCCl)c1nccs1. The molecule has 1 atom stereocenters. The molecule has 1 aromatic heterocycles. The largest absolute Gasteiger partial charge is 0.248 e. The zero-order chi connectivity index (χ0) is 12.7. The number of nitrogens with zero attached hydrogens (tertiary/aromatic N) is 1. The molecule has 0 aliphatic heterocycles. The van der Waals surface area contributed by atoms with Crippen molar-refractivity contribution in [2.45, 2.75) is 32.2 Å². The molecule has 0 fully saturated rings. The van der Waals surface area contributed by atoms with E-state index in [1.165, 1.54) is 11.3 Å². The summed E-state index contributed by atoms with van der Waals surface area (Å²) in [5.41, 5.74) is 0. The third-order valence-corrected chi connectivity index (χ3v) is 4.90. The van der Waals surface area contributed by atoms with Crippen LogP contribution in [0.25, 0.3) is 0 Å². The maximum absolute atomic E-state index is 11.8. The molecule has 0 spiro atoms. The second-order valence-corrected chi connectivity index (χ2v) is 6.84. The smallest absolute Gasteiger partial charge is 0.212 e. The Kier molecular flexibility index (Phi) is 6.40. The van der Waals surface area contributed by atoms with Crippen LogP contribution in [0, 0.1) is 0 Å². The highest BCUT2D eigenvalue weighted by Crippen LogP contribution is 2.19. The monoisotopic (exact) mass is 296 g/mol. The minimum atomic E-state index is -3.23. The summed E-state index contributed by atoms with van der Waals surface area (Å²) >= 11 is 6.99. The van der Waals surface area contributed by atoms with Gasteiger partial charge in [-0.1, -0.05) is 6.92 Å². The third-order valence-electron chi connectivity index (χ3n) is 2.28. The summed E-state index contributed by atoms with van der Waals surface area (Å²) in [6, 6.07) is -0.212. The van der Waals surface area contributed by atoms with Crippen LogP contribution in [0.2, 0.25) is 0 Å². The molecular formula is C10H17ClN2O2S2. The molecule has 0 radical (unpaired) electrons. The molecule has 0 saturated carbocycles. The van der Waals surface area contributed by atoms with Crippen molar-refractivity contribution in [3.8, 4) is 0 Å². The van der Waals surface area contributed by atoms with Crippen LogP contribution in [0.5, 0.6) is 0 Å². The van der Waals surface area contributed by atoms with Crippen molar-refractivity contribution in [1.29, 1.82) is 0 Å². The summed E-state index contributed by atoms with van der Waals surface area (Å²) in [6.07, 6.45) is 3.69. The Balaban J connectivity index is 2.56. The van der Waals surface area contributed by atoms with Crippen molar-refractivity contribution in [1.82, 2.24) is 9.71 Å². The van der Waals surface area contributed by atoms with Crippen molar-refractivity contribution < 1.29 is 8.42 Å². The number of nitrogens with one attached hydrogen (secondary N) is 1. The molecule has 17 heavy (non-hydrogen) atoms. The molecule has 1 aromatic rings. The van der Waals surface area contributed by atoms with Gasteiger partial charge in [0.05, 0.1) is 11.8 Å². The van der Waals surface area contributed by atoms with E-state index in [2.05, 4.69) is 9.71 Å². The van der Waals surface area contributed by atoms with Gasteiger partial charge in [0, 0.05) is 17.5 Å². The number of hydrogen-bond donors (Lipinski definition) is 1. The number of alkyl halides is 1. The van der Waals surface area contributed by atoms with Gasteiger partial charge in [0.1, 0.15) is 5.01 Å². The molecule has 7 heteroatoms. The Morgan fingerprint density at radius 2 is 2.29 bits per heavy atom. The summed E-state index contributed by atoms with van der Waals surface area (Å²) < 4.78 is 26.3. The number of hydrogen-bond acceptors (Lipinski definition) is 4. The Morgan fingerprint density at radius 3 is 2.82 bits per heavy atom. The summed E-state index contributed by atoms with van der Waals surface area (Å²) in [7, 11) is -3.23. The van der Waals surface area contributed by atoms with E-state index in [-0.39, 0.29) is 11.8 Å². The molecular weight excluding hydrogens is 280 g/mol. The first-order chi connectivity index (χ1) is 8.09. The van der Waals surface area contributed by atoms with E-state index in [9.17, 15) is 8.42 Å². The number of thiazole rings is 1. The van der Waals surface area contributed by atoms with Gasteiger partial charge in [0.2, 0.25) is 10.0 Å². The highest BCUT2D eigenvalue weighted by molar-refractivity contribution is 7.89. The number of sulfonamides is 1. The molecule has 0 aliphatic rings. The Labute approximate surface area is 111 Å². The number of rotatable bonds is 8. The number of aromatic nitrogens is 1. The average molecular weight is 297 g/mol. The maximum atomic E-state index is 11.8. The van der Waals surface area contributed by atoms with Gasteiger partial charge in [0.15, 0.2) is 0 Å². The molecule has 1 rings (SSSR count). The van der Waals surface area contributed by atoms with Crippen LogP contribution >= 0.6 is 22.9 Å². The van der Waals surface area contributed by atoms with Crippen molar-refractivity contribution in [2.75, 3.05) is 11.6 Å². The molecule has 98 valence electrons. The second kappa shape index (κ2) is 7.31. The van der Waals surface area contributed by atoms with Crippen LogP contribution in [0.1, 0.15) is 37.2 Å². The van der Waals surface area contributed by atoms with Crippen LogP contribution in [-0.4, -0.2) is 25.0 Å². The maximum Gasteiger partial charge on any atom is 0.212 e. The van der Waals surface area contributed by atoms with E-state index < -0.39 is 10.0 Å². The average Bonchev–Trinajstić information content (AvgIpc) is 2.79. The molecule has 0 saturated heterocycles. The predicted octanol–water partition coefficient (Wildman–Crippen LogP) is 2.53. The van der Waals surface area contributed by atoms with Crippen molar-refractivity contribution in [2.24, 2.45) is 0 Å². The first-order valence-corrected chi connectivity index (χ1v) is 8.61. The van der Waals surface area contributed by atoms with Gasteiger partial charge in [-0.15, -0.1) is 22.9 Å². The quantitative estimate of drug-likeness (QED) is 0.592. The van der Waals surface area contributed by atoms with Crippen LogP contribution in [0.4, 0.5) is 0 Å². The Bertz CT molecular complexity index is 406. The van der Waals surface area contributed by atoms with E-state index in [0.29, 0.717) is 18.7 Å². The van der Waals surface area contributed by atoms with Crippen LogP contribution in [0.15, 0.2) is 11.6 Å². The second-order valence-electron chi connectivity index (χ2n) is 3.66. The van der Waals surface area contributed by atoms with Crippen LogP contribution in [-0.2, 0) is 10.0 Å². The van der Waals surface area contributed by atoms with Gasteiger partial charge in [-0.05, 0) is 19.3 Å². The highest BCUT2D eigenvalue weighted by Gasteiger charge is 2.19. The summed E-state index contributed by atoms with van der Waals surface area (Å²) in [6.45, 7) is 1.94. The fraction of sp³-hybridized carbons (Fsp3) is 0.700. The van der Waals surface area contributed by atoms with Gasteiger partial charge >= 0.3 is 0 Å². The van der Waals surface area contributed by atoms with Gasteiger partial charge in [0.25, 0.3) is 0 Å². The molecule has 0 aliphatic carbocycles. The molecule has 1 unspecified atom stereocenters. The Hall–Kier alpha value is -0.170. The summed E-state index contributed by atoms with van der Waals surface area (Å²) in [4.78, 5) is 4.14. The molecule has 1 heterocycles. The van der Waals surface area contributed by atoms with E-state index >= 15 is 0 Å². The highest BCUT2D eigenvalue weighted by atomic mass is 35.5. The Morgan fingerprint density at radius 1 is 1.53 bits per heavy atom. The normalized spacial score (nSPS) is 13.8. The van der Waals surface area contributed by atoms with Crippen LogP contribution in [0.3, 0.4) is 0 Å². The number of halogens is 1. The molecule has 4 nitrogen and oxygen atoms in total. The van der Waals surface area contributed by atoms with Crippen molar-refractivity contribution in [3.05, 3.63) is 16.6 Å².